The highest BCUT2D eigenvalue weighted by Gasteiger charge is 2.45. The van der Waals surface area contributed by atoms with Gasteiger partial charge in [0.15, 0.2) is 12.6 Å². The van der Waals surface area contributed by atoms with Crippen LogP contribution in [0.3, 0.4) is 0 Å². The molecule has 0 aliphatic carbocycles. The van der Waals surface area contributed by atoms with Gasteiger partial charge in [-0.15, -0.1) is 0 Å². The van der Waals surface area contributed by atoms with E-state index in [0.717, 1.165) is 27.0 Å². The normalized spacial score (nSPS) is 19.1. The van der Waals surface area contributed by atoms with E-state index in [2.05, 4.69) is 0 Å². The fourth-order valence-corrected chi connectivity index (χ4v) is 4.75. The van der Waals surface area contributed by atoms with Crippen molar-refractivity contribution in [2.24, 2.45) is 0 Å². The van der Waals surface area contributed by atoms with Crippen LogP contribution in [-0.2, 0) is 45.4 Å². The maximum Gasteiger partial charge on any atom is 0.221 e. The van der Waals surface area contributed by atoms with Crippen molar-refractivity contribution in [2.75, 3.05) is 13.2 Å². The molecular formula is C34H35NO5. The number of benzene rings is 4. The summed E-state index contributed by atoms with van der Waals surface area (Å²) in [5.41, 5.74) is 4.63. The van der Waals surface area contributed by atoms with Crippen molar-refractivity contribution < 1.29 is 23.7 Å². The predicted octanol–water partition coefficient (Wildman–Crippen LogP) is 5.92. The van der Waals surface area contributed by atoms with Crippen molar-refractivity contribution in [3.05, 3.63) is 149 Å². The Kier molecular flexibility index (Phi) is 10.1. The highest BCUT2D eigenvalue weighted by Crippen LogP contribution is 2.24. The van der Waals surface area contributed by atoms with Crippen molar-refractivity contribution in [1.82, 2.24) is 0 Å². The summed E-state index contributed by atoms with van der Waals surface area (Å²) >= 11 is 0. The Labute approximate surface area is 236 Å². The Balaban J connectivity index is 1.38. The van der Waals surface area contributed by atoms with Crippen molar-refractivity contribution in [1.29, 1.82) is 0 Å². The highest BCUT2D eigenvalue weighted by molar-refractivity contribution is 5.86. The molecule has 0 spiro atoms. The van der Waals surface area contributed by atoms with E-state index in [0.29, 0.717) is 32.1 Å². The molecular weight excluding hydrogens is 502 g/mol. The van der Waals surface area contributed by atoms with Crippen molar-refractivity contribution >= 4 is 5.71 Å². The summed E-state index contributed by atoms with van der Waals surface area (Å²) in [7, 11) is 0. The van der Waals surface area contributed by atoms with E-state index >= 15 is 0 Å². The second-order valence-corrected chi connectivity index (χ2v) is 9.84. The largest absolute Gasteiger partial charge is 0.624 e. The van der Waals surface area contributed by atoms with E-state index in [1.165, 1.54) is 0 Å². The molecule has 3 unspecified atom stereocenters. The minimum Gasteiger partial charge on any atom is -0.624 e. The first-order chi connectivity index (χ1) is 19.8. The molecule has 206 valence electrons. The summed E-state index contributed by atoms with van der Waals surface area (Å²) < 4.78 is 26.3. The van der Waals surface area contributed by atoms with E-state index in [-0.39, 0.29) is 13.2 Å². The minimum absolute atomic E-state index is 0.127. The van der Waals surface area contributed by atoms with Gasteiger partial charge in [-0.1, -0.05) is 121 Å². The molecule has 4 aromatic rings. The number of nitrogens with zero attached hydrogens (tertiary/aromatic N) is 1. The van der Waals surface area contributed by atoms with Crippen molar-refractivity contribution in [3.63, 3.8) is 0 Å². The van der Waals surface area contributed by atoms with Crippen LogP contribution in [0, 0.1) is 5.21 Å². The van der Waals surface area contributed by atoms with Crippen LogP contribution >= 0.6 is 0 Å². The summed E-state index contributed by atoms with van der Waals surface area (Å²) in [5.74, 6) is 0. The third kappa shape index (κ3) is 7.87. The molecule has 6 heteroatoms. The Morgan fingerprint density at radius 1 is 0.525 bits per heavy atom. The number of hydrogen-bond acceptors (Lipinski definition) is 5. The van der Waals surface area contributed by atoms with Gasteiger partial charge >= 0.3 is 0 Å². The van der Waals surface area contributed by atoms with Gasteiger partial charge in [-0.2, -0.15) is 0 Å². The molecule has 0 saturated carbocycles. The zero-order chi connectivity index (χ0) is 27.4. The SMILES string of the molecule is [O-][N+]1=C(COCc2ccccc2)C(OCc2ccccc2)C(OCc2ccccc2)C(OCc2ccccc2)C1. The molecule has 1 aliphatic heterocycles. The molecule has 0 saturated heterocycles. The molecule has 1 heterocycles. The fourth-order valence-electron chi connectivity index (χ4n) is 4.75. The number of ether oxygens (including phenoxy) is 4. The van der Waals surface area contributed by atoms with E-state index < -0.39 is 18.3 Å². The lowest BCUT2D eigenvalue weighted by molar-refractivity contribution is -0.490. The van der Waals surface area contributed by atoms with E-state index in [9.17, 15) is 5.21 Å². The summed E-state index contributed by atoms with van der Waals surface area (Å²) in [6.07, 6.45) is -1.65. The van der Waals surface area contributed by atoms with Crippen molar-refractivity contribution in [2.45, 2.75) is 44.7 Å². The molecule has 4 aromatic carbocycles. The van der Waals surface area contributed by atoms with Gasteiger partial charge in [-0.25, -0.2) is 4.74 Å². The second-order valence-electron chi connectivity index (χ2n) is 9.84. The van der Waals surface area contributed by atoms with E-state index in [1.807, 2.05) is 121 Å². The number of hydroxylamine groups is 1. The molecule has 5 rings (SSSR count). The summed E-state index contributed by atoms with van der Waals surface area (Å²) in [6.45, 7) is 1.73. The van der Waals surface area contributed by atoms with Crippen LogP contribution in [0.25, 0.3) is 0 Å². The third-order valence-corrected chi connectivity index (χ3v) is 6.89. The van der Waals surface area contributed by atoms with Gasteiger partial charge in [-0.05, 0) is 22.3 Å². The molecule has 0 aromatic heterocycles. The third-order valence-electron chi connectivity index (χ3n) is 6.89. The van der Waals surface area contributed by atoms with E-state index in [4.69, 9.17) is 18.9 Å². The van der Waals surface area contributed by atoms with Crippen LogP contribution in [0.4, 0.5) is 0 Å². The van der Waals surface area contributed by atoms with Crippen LogP contribution in [0.2, 0.25) is 0 Å². The zero-order valence-corrected chi connectivity index (χ0v) is 22.5. The average molecular weight is 538 g/mol. The first-order valence-corrected chi connectivity index (χ1v) is 13.6. The van der Waals surface area contributed by atoms with Gasteiger partial charge in [0, 0.05) is 0 Å². The molecule has 0 N–H and O–H groups in total. The molecule has 0 bridgehead atoms. The lowest BCUT2D eigenvalue weighted by Gasteiger charge is -2.36. The van der Waals surface area contributed by atoms with Crippen LogP contribution in [0.1, 0.15) is 22.3 Å². The Morgan fingerprint density at radius 3 is 1.45 bits per heavy atom. The molecule has 3 atom stereocenters. The predicted molar refractivity (Wildman–Crippen MR) is 155 cm³/mol. The van der Waals surface area contributed by atoms with Crippen LogP contribution < -0.4 is 0 Å². The maximum atomic E-state index is 13.5. The average Bonchev–Trinajstić information content (AvgIpc) is 3.01. The minimum atomic E-state index is -0.647. The molecule has 0 fully saturated rings. The zero-order valence-electron chi connectivity index (χ0n) is 22.5. The van der Waals surface area contributed by atoms with Gasteiger partial charge in [0.25, 0.3) is 0 Å². The lowest BCUT2D eigenvalue weighted by Crippen LogP contribution is -2.57. The van der Waals surface area contributed by atoms with Gasteiger partial charge in [-0.3, -0.25) is 0 Å². The quantitative estimate of drug-likeness (QED) is 0.156. The lowest BCUT2D eigenvalue weighted by atomic mass is 9.98. The van der Waals surface area contributed by atoms with E-state index in [1.54, 1.807) is 0 Å². The topological polar surface area (TPSA) is 63.0 Å². The van der Waals surface area contributed by atoms with Gasteiger partial charge in [0.1, 0.15) is 18.8 Å². The smallest absolute Gasteiger partial charge is 0.221 e. The van der Waals surface area contributed by atoms with Gasteiger partial charge in [0.05, 0.1) is 26.4 Å². The molecule has 6 nitrogen and oxygen atoms in total. The Hall–Kier alpha value is -3.81. The van der Waals surface area contributed by atoms with Gasteiger partial charge < -0.3 is 24.2 Å². The first-order valence-electron chi connectivity index (χ1n) is 13.6. The summed E-state index contributed by atoms with van der Waals surface area (Å²) in [5, 5.41) is 13.5. The van der Waals surface area contributed by atoms with Crippen LogP contribution in [0.15, 0.2) is 121 Å². The van der Waals surface area contributed by atoms with Crippen LogP contribution in [-0.4, -0.2) is 41.9 Å². The highest BCUT2D eigenvalue weighted by atomic mass is 16.6. The van der Waals surface area contributed by atoms with Gasteiger partial charge in [0.2, 0.25) is 5.71 Å². The Morgan fingerprint density at radius 2 is 0.950 bits per heavy atom. The maximum absolute atomic E-state index is 13.5. The molecule has 40 heavy (non-hydrogen) atoms. The second kappa shape index (κ2) is 14.5. The summed E-state index contributed by atoms with van der Waals surface area (Å²) in [6, 6.07) is 39.8. The Bertz CT molecular complexity index is 1320. The van der Waals surface area contributed by atoms with Crippen LogP contribution in [0.5, 0.6) is 0 Å². The standard InChI is InChI=1S/C34H35NO5/c36-35-21-32(38-23-28-15-7-2-8-16-28)34(40-25-30-19-11-4-12-20-30)33(39-24-29-17-9-3-10-18-29)31(35)26-37-22-27-13-5-1-6-14-27/h1-20,32-34H,21-26H2. The molecule has 0 radical (unpaired) electrons. The first kappa shape index (κ1) is 27.7. The summed E-state index contributed by atoms with van der Waals surface area (Å²) in [4.78, 5) is 0. The fraction of sp³-hybridized carbons (Fsp3) is 0.265. The van der Waals surface area contributed by atoms with Crippen molar-refractivity contribution in [3.8, 4) is 0 Å². The monoisotopic (exact) mass is 537 g/mol. The molecule has 1 aliphatic rings. The number of hydrogen-bond donors (Lipinski definition) is 0. The molecule has 0 amide bonds. The number of rotatable bonds is 13.